The summed E-state index contributed by atoms with van der Waals surface area (Å²) >= 11 is 0. The summed E-state index contributed by atoms with van der Waals surface area (Å²) in [5.74, 6) is -0.282. The van der Waals surface area contributed by atoms with Crippen molar-refractivity contribution in [1.82, 2.24) is 9.78 Å². The van der Waals surface area contributed by atoms with Crippen molar-refractivity contribution in [3.8, 4) is 0 Å². The van der Waals surface area contributed by atoms with Crippen LogP contribution in [0.2, 0.25) is 0 Å². The van der Waals surface area contributed by atoms with Gasteiger partial charge in [0.05, 0.1) is 34.6 Å². The Morgan fingerprint density at radius 3 is 2.52 bits per heavy atom. The molecule has 6 nitrogen and oxygen atoms in total. The number of anilines is 1. The molecule has 0 bridgehead atoms. The smallest absolute Gasteiger partial charge is 0.259 e. The Morgan fingerprint density at radius 1 is 1.07 bits per heavy atom. The third-order valence-corrected chi connectivity index (χ3v) is 6.42. The molecule has 2 aromatic carbocycles. The second kappa shape index (κ2) is 9.05. The van der Waals surface area contributed by atoms with Crippen LogP contribution in [0.4, 0.5) is 5.69 Å². The van der Waals surface area contributed by atoms with Crippen molar-refractivity contribution in [3.05, 3.63) is 77.6 Å². The van der Waals surface area contributed by atoms with Gasteiger partial charge in [-0.15, -0.1) is 0 Å². The molecule has 7 heteroatoms. The van der Waals surface area contributed by atoms with Crippen molar-refractivity contribution in [1.29, 1.82) is 0 Å². The lowest BCUT2D eigenvalue weighted by Gasteiger charge is -2.10. The van der Waals surface area contributed by atoms with E-state index in [2.05, 4.69) is 17.3 Å². The zero-order valence-corrected chi connectivity index (χ0v) is 17.4. The number of rotatable bonds is 8. The van der Waals surface area contributed by atoms with E-state index in [1.807, 2.05) is 35.0 Å². The minimum absolute atomic E-state index is 0.0112. The fraction of sp³-hybridized carbons (Fsp3) is 0.273. The number of carbonyl (C=O) groups excluding carboxylic acids is 1. The highest BCUT2D eigenvalue weighted by Crippen LogP contribution is 2.19. The first-order valence-electron chi connectivity index (χ1n) is 9.67. The van der Waals surface area contributed by atoms with Gasteiger partial charge in [-0.25, -0.2) is 8.42 Å². The standard InChI is InChI=1S/C22H25N3O3S/c1-3-9-21-20(15-23-25(21)16-17-10-6-5-7-11-17)22(26)24-18-12-8-13-19(14-18)29(27,28)4-2/h5-8,10-15H,3-4,9,16H2,1-2H3,(H,24,26). The van der Waals surface area contributed by atoms with Gasteiger partial charge in [0.2, 0.25) is 0 Å². The normalized spacial score (nSPS) is 11.4. The van der Waals surface area contributed by atoms with Crippen LogP contribution in [0, 0.1) is 0 Å². The Bertz CT molecular complexity index is 1090. The van der Waals surface area contributed by atoms with Crippen LogP contribution in [-0.2, 0) is 22.8 Å². The molecule has 29 heavy (non-hydrogen) atoms. The number of sulfone groups is 1. The van der Waals surface area contributed by atoms with Gasteiger partial charge in [-0.2, -0.15) is 5.10 Å². The average molecular weight is 412 g/mol. The Morgan fingerprint density at radius 2 is 1.83 bits per heavy atom. The van der Waals surface area contributed by atoms with Crippen LogP contribution >= 0.6 is 0 Å². The predicted molar refractivity (Wildman–Crippen MR) is 114 cm³/mol. The topological polar surface area (TPSA) is 81.1 Å². The van der Waals surface area contributed by atoms with Crippen LogP contribution in [0.15, 0.2) is 65.7 Å². The van der Waals surface area contributed by atoms with Crippen molar-refractivity contribution >= 4 is 21.4 Å². The van der Waals surface area contributed by atoms with E-state index in [0.29, 0.717) is 17.8 Å². The highest BCUT2D eigenvalue weighted by molar-refractivity contribution is 7.91. The highest BCUT2D eigenvalue weighted by atomic mass is 32.2. The van der Waals surface area contributed by atoms with Gasteiger partial charge < -0.3 is 5.32 Å². The fourth-order valence-electron chi connectivity index (χ4n) is 3.13. The summed E-state index contributed by atoms with van der Waals surface area (Å²) in [6, 6.07) is 16.3. The summed E-state index contributed by atoms with van der Waals surface area (Å²) < 4.78 is 26.1. The molecule has 0 aliphatic carbocycles. The Kier molecular flexibility index (Phi) is 6.49. The summed E-state index contributed by atoms with van der Waals surface area (Å²) in [6.07, 6.45) is 3.18. The minimum atomic E-state index is -3.34. The molecule has 0 radical (unpaired) electrons. The highest BCUT2D eigenvalue weighted by Gasteiger charge is 2.18. The van der Waals surface area contributed by atoms with E-state index >= 15 is 0 Å². The SMILES string of the molecule is CCCc1c(C(=O)Nc2cccc(S(=O)(=O)CC)c2)cnn1Cc1ccccc1. The van der Waals surface area contributed by atoms with Gasteiger partial charge in [-0.3, -0.25) is 9.48 Å². The van der Waals surface area contributed by atoms with Crippen LogP contribution in [0.25, 0.3) is 0 Å². The van der Waals surface area contributed by atoms with Crippen LogP contribution in [0.5, 0.6) is 0 Å². The van der Waals surface area contributed by atoms with Crippen molar-refractivity contribution < 1.29 is 13.2 Å². The molecule has 1 aromatic heterocycles. The Hall–Kier alpha value is -2.93. The lowest BCUT2D eigenvalue weighted by atomic mass is 10.1. The van der Waals surface area contributed by atoms with Gasteiger partial charge >= 0.3 is 0 Å². The molecule has 1 amide bonds. The second-order valence-corrected chi connectivity index (χ2v) is 9.06. The summed E-state index contributed by atoms with van der Waals surface area (Å²) in [5.41, 5.74) is 2.93. The summed E-state index contributed by atoms with van der Waals surface area (Å²) in [6.45, 7) is 4.24. The number of hydrogen-bond acceptors (Lipinski definition) is 4. The molecular weight excluding hydrogens is 386 g/mol. The summed E-state index contributed by atoms with van der Waals surface area (Å²) in [4.78, 5) is 13.1. The first-order valence-corrected chi connectivity index (χ1v) is 11.3. The van der Waals surface area contributed by atoms with E-state index in [9.17, 15) is 13.2 Å². The Balaban J connectivity index is 1.85. The number of amides is 1. The Labute approximate surface area is 171 Å². The maximum Gasteiger partial charge on any atom is 0.259 e. The van der Waals surface area contributed by atoms with E-state index in [1.165, 1.54) is 12.1 Å². The van der Waals surface area contributed by atoms with Crippen molar-refractivity contribution in [2.24, 2.45) is 0 Å². The molecule has 0 saturated carbocycles. The third kappa shape index (κ3) is 4.92. The molecule has 0 fully saturated rings. The molecular formula is C22H25N3O3S. The van der Waals surface area contributed by atoms with Gasteiger partial charge in [-0.1, -0.05) is 56.7 Å². The number of carbonyl (C=O) groups is 1. The summed E-state index contributed by atoms with van der Waals surface area (Å²) in [7, 11) is -3.34. The molecule has 0 unspecified atom stereocenters. The van der Waals surface area contributed by atoms with E-state index in [0.717, 1.165) is 24.1 Å². The molecule has 1 heterocycles. The van der Waals surface area contributed by atoms with Gasteiger partial charge in [0.15, 0.2) is 9.84 Å². The zero-order valence-electron chi connectivity index (χ0n) is 16.6. The monoisotopic (exact) mass is 411 g/mol. The third-order valence-electron chi connectivity index (χ3n) is 4.69. The minimum Gasteiger partial charge on any atom is -0.322 e. The van der Waals surface area contributed by atoms with Crippen LogP contribution in [-0.4, -0.2) is 29.9 Å². The zero-order chi connectivity index (χ0) is 20.9. The van der Waals surface area contributed by atoms with E-state index in [4.69, 9.17) is 0 Å². The first kappa shape index (κ1) is 20.8. The van der Waals surface area contributed by atoms with E-state index < -0.39 is 9.84 Å². The molecule has 3 rings (SSSR count). The number of nitrogens with one attached hydrogen (secondary N) is 1. The van der Waals surface area contributed by atoms with Crippen molar-refractivity contribution in [2.75, 3.05) is 11.1 Å². The fourth-order valence-corrected chi connectivity index (χ4v) is 4.05. The van der Waals surface area contributed by atoms with Crippen molar-refractivity contribution in [2.45, 2.75) is 38.1 Å². The maximum absolute atomic E-state index is 12.9. The molecule has 1 N–H and O–H groups in total. The molecule has 0 atom stereocenters. The number of hydrogen-bond donors (Lipinski definition) is 1. The molecule has 0 aliphatic heterocycles. The molecule has 3 aromatic rings. The van der Waals surface area contributed by atoms with Crippen LogP contribution in [0.3, 0.4) is 0 Å². The lowest BCUT2D eigenvalue weighted by molar-refractivity contribution is 0.102. The average Bonchev–Trinajstić information content (AvgIpc) is 3.11. The van der Waals surface area contributed by atoms with E-state index in [1.54, 1.807) is 25.3 Å². The number of aromatic nitrogens is 2. The molecule has 152 valence electrons. The van der Waals surface area contributed by atoms with Crippen LogP contribution in [0.1, 0.15) is 41.9 Å². The first-order chi connectivity index (χ1) is 13.9. The summed E-state index contributed by atoms with van der Waals surface area (Å²) in [5, 5.41) is 7.24. The lowest BCUT2D eigenvalue weighted by Crippen LogP contribution is -2.15. The van der Waals surface area contributed by atoms with Gasteiger partial charge in [-0.05, 0) is 30.2 Å². The van der Waals surface area contributed by atoms with Crippen LogP contribution < -0.4 is 5.32 Å². The van der Waals surface area contributed by atoms with Gasteiger partial charge in [0.25, 0.3) is 5.91 Å². The number of nitrogens with zero attached hydrogens (tertiary/aromatic N) is 2. The molecule has 0 saturated heterocycles. The molecule has 0 aliphatic rings. The second-order valence-electron chi connectivity index (χ2n) is 6.78. The van der Waals surface area contributed by atoms with Gasteiger partial charge in [0, 0.05) is 5.69 Å². The maximum atomic E-state index is 12.9. The molecule has 0 spiro atoms. The van der Waals surface area contributed by atoms with E-state index in [-0.39, 0.29) is 16.6 Å². The van der Waals surface area contributed by atoms with Crippen molar-refractivity contribution in [3.63, 3.8) is 0 Å². The largest absolute Gasteiger partial charge is 0.322 e. The number of benzene rings is 2. The quantitative estimate of drug-likeness (QED) is 0.609. The van der Waals surface area contributed by atoms with Gasteiger partial charge in [0.1, 0.15) is 0 Å². The predicted octanol–water partition coefficient (Wildman–Crippen LogP) is 3.93.